The molecule has 0 fully saturated rings. The molecule has 2 heteroatoms. The van der Waals surface area contributed by atoms with E-state index in [2.05, 4.69) is 32.0 Å². The largest absolute Gasteiger partial charge is 0.492 e. The highest BCUT2D eigenvalue weighted by Crippen LogP contribution is 2.25. The molecule has 0 aliphatic heterocycles. The molecule has 0 spiro atoms. The third-order valence-electron chi connectivity index (χ3n) is 4.14. The summed E-state index contributed by atoms with van der Waals surface area (Å²) in [5, 5.41) is 0. The Bertz CT molecular complexity index is 389. The number of fused-ring (bicyclic) bond motifs is 1. The number of ether oxygens (including phenoxy) is 1. The molecular weight excluding hydrogens is 222 g/mol. The minimum atomic E-state index is 0.131. The average Bonchev–Trinajstić information content (AvgIpc) is 2.43. The minimum absolute atomic E-state index is 0.131. The molecule has 0 aromatic heterocycles. The quantitative estimate of drug-likeness (QED) is 0.866. The number of nitrogens with two attached hydrogens (primary N) is 1. The highest BCUT2D eigenvalue weighted by molar-refractivity contribution is 5.37. The second-order valence-electron chi connectivity index (χ2n) is 5.50. The maximum absolute atomic E-state index is 6.09. The lowest BCUT2D eigenvalue weighted by atomic mass is 9.92. The van der Waals surface area contributed by atoms with Crippen molar-refractivity contribution in [3.8, 4) is 5.75 Å². The lowest BCUT2D eigenvalue weighted by molar-refractivity contribution is 0.250. The number of hydrogen-bond donors (Lipinski definition) is 1. The highest BCUT2D eigenvalue weighted by atomic mass is 16.5. The first-order valence-electron chi connectivity index (χ1n) is 7.21. The van der Waals surface area contributed by atoms with Crippen molar-refractivity contribution in [3.05, 3.63) is 29.3 Å². The molecule has 1 aliphatic rings. The van der Waals surface area contributed by atoms with Gasteiger partial charge in [-0.2, -0.15) is 0 Å². The lowest BCUT2D eigenvalue weighted by Gasteiger charge is -2.20. The van der Waals surface area contributed by atoms with Gasteiger partial charge in [0.25, 0.3) is 0 Å². The van der Waals surface area contributed by atoms with E-state index in [-0.39, 0.29) is 6.04 Å². The van der Waals surface area contributed by atoms with Gasteiger partial charge in [0.15, 0.2) is 0 Å². The minimum Gasteiger partial charge on any atom is -0.492 e. The first kappa shape index (κ1) is 13.4. The first-order chi connectivity index (χ1) is 8.70. The van der Waals surface area contributed by atoms with E-state index in [0.29, 0.717) is 12.5 Å². The van der Waals surface area contributed by atoms with Gasteiger partial charge in [-0.25, -0.2) is 0 Å². The van der Waals surface area contributed by atoms with Crippen molar-refractivity contribution in [2.45, 2.75) is 52.0 Å². The molecule has 0 radical (unpaired) electrons. The molecular formula is C16H25NO. The Labute approximate surface area is 111 Å². The summed E-state index contributed by atoms with van der Waals surface area (Å²) in [5.74, 6) is 1.50. The van der Waals surface area contributed by atoms with Gasteiger partial charge in [0, 0.05) is 6.04 Å². The van der Waals surface area contributed by atoms with Crippen LogP contribution in [0.2, 0.25) is 0 Å². The van der Waals surface area contributed by atoms with Crippen LogP contribution in [-0.2, 0) is 12.8 Å². The van der Waals surface area contributed by atoms with Gasteiger partial charge in [-0.1, -0.05) is 26.3 Å². The van der Waals surface area contributed by atoms with Crippen LogP contribution >= 0.6 is 0 Å². The van der Waals surface area contributed by atoms with E-state index in [1.807, 2.05) is 0 Å². The van der Waals surface area contributed by atoms with E-state index in [1.165, 1.54) is 36.8 Å². The number of hydrogen-bond acceptors (Lipinski definition) is 2. The summed E-state index contributed by atoms with van der Waals surface area (Å²) in [7, 11) is 0. The summed E-state index contributed by atoms with van der Waals surface area (Å²) in [6.45, 7) is 4.97. The third-order valence-corrected chi connectivity index (χ3v) is 4.14. The van der Waals surface area contributed by atoms with E-state index in [1.54, 1.807) is 0 Å². The summed E-state index contributed by atoms with van der Waals surface area (Å²) in [6.07, 6.45) is 6.16. The van der Waals surface area contributed by atoms with Crippen LogP contribution in [0.5, 0.6) is 5.75 Å². The van der Waals surface area contributed by atoms with Gasteiger partial charge in [-0.05, 0) is 54.9 Å². The van der Waals surface area contributed by atoms with Crippen LogP contribution in [-0.4, -0.2) is 12.6 Å². The predicted molar refractivity (Wildman–Crippen MR) is 76.0 cm³/mol. The van der Waals surface area contributed by atoms with Gasteiger partial charge < -0.3 is 10.5 Å². The SMILES string of the molecule is CCC(C)C(N)COc1ccc2c(c1)CCCC2. The summed E-state index contributed by atoms with van der Waals surface area (Å²) < 4.78 is 5.83. The smallest absolute Gasteiger partial charge is 0.119 e. The molecule has 2 N–H and O–H groups in total. The van der Waals surface area contributed by atoms with Crippen LogP contribution in [0.1, 0.15) is 44.2 Å². The normalized spacial score (nSPS) is 17.9. The van der Waals surface area contributed by atoms with Crippen molar-refractivity contribution in [1.82, 2.24) is 0 Å². The molecule has 2 unspecified atom stereocenters. The molecule has 2 atom stereocenters. The molecule has 0 saturated heterocycles. The second-order valence-corrected chi connectivity index (χ2v) is 5.50. The topological polar surface area (TPSA) is 35.2 Å². The molecule has 1 aromatic rings. The van der Waals surface area contributed by atoms with Gasteiger partial charge in [-0.3, -0.25) is 0 Å². The molecule has 18 heavy (non-hydrogen) atoms. The molecule has 1 aliphatic carbocycles. The third kappa shape index (κ3) is 3.26. The van der Waals surface area contributed by atoms with Crippen LogP contribution < -0.4 is 10.5 Å². The fraction of sp³-hybridized carbons (Fsp3) is 0.625. The molecule has 0 amide bonds. The number of rotatable bonds is 5. The fourth-order valence-corrected chi connectivity index (χ4v) is 2.46. The van der Waals surface area contributed by atoms with Gasteiger partial charge in [0.05, 0.1) is 0 Å². The zero-order valence-corrected chi connectivity index (χ0v) is 11.6. The number of aryl methyl sites for hydroxylation is 2. The molecule has 1 aromatic carbocycles. The van der Waals surface area contributed by atoms with E-state index < -0.39 is 0 Å². The molecule has 0 heterocycles. The van der Waals surface area contributed by atoms with Gasteiger partial charge in [0.1, 0.15) is 12.4 Å². The Kier molecular flexibility index (Phi) is 4.65. The van der Waals surface area contributed by atoms with Crippen molar-refractivity contribution in [2.24, 2.45) is 11.7 Å². The van der Waals surface area contributed by atoms with Crippen LogP contribution in [0.25, 0.3) is 0 Å². The van der Waals surface area contributed by atoms with Crippen LogP contribution in [0.3, 0.4) is 0 Å². The van der Waals surface area contributed by atoms with Crippen molar-refractivity contribution >= 4 is 0 Å². The average molecular weight is 247 g/mol. The standard InChI is InChI=1S/C16H25NO/c1-3-12(2)16(17)11-18-15-9-8-13-6-4-5-7-14(13)10-15/h8-10,12,16H,3-7,11,17H2,1-2H3. The summed E-state index contributed by atoms with van der Waals surface area (Å²) >= 11 is 0. The second kappa shape index (κ2) is 6.24. The lowest BCUT2D eigenvalue weighted by Crippen LogP contribution is -2.34. The van der Waals surface area contributed by atoms with Gasteiger partial charge >= 0.3 is 0 Å². The van der Waals surface area contributed by atoms with Gasteiger partial charge in [-0.15, -0.1) is 0 Å². The molecule has 100 valence electrons. The Morgan fingerprint density at radius 3 is 2.67 bits per heavy atom. The van der Waals surface area contributed by atoms with E-state index in [4.69, 9.17) is 10.5 Å². The predicted octanol–water partition coefficient (Wildman–Crippen LogP) is 3.32. The van der Waals surface area contributed by atoms with Crippen LogP contribution in [0.4, 0.5) is 0 Å². The number of benzene rings is 1. The maximum atomic E-state index is 6.09. The zero-order valence-electron chi connectivity index (χ0n) is 11.6. The fourth-order valence-electron chi connectivity index (χ4n) is 2.46. The summed E-state index contributed by atoms with van der Waals surface area (Å²) in [4.78, 5) is 0. The van der Waals surface area contributed by atoms with E-state index >= 15 is 0 Å². The van der Waals surface area contributed by atoms with Crippen molar-refractivity contribution in [3.63, 3.8) is 0 Å². The van der Waals surface area contributed by atoms with Crippen LogP contribution in [0, 0.1) is 5.92 Å². The van der Waals surface area contributed by atoms with E-state index in [0.717, 1.165) is 12.2 Å². The molecule has 0 saturated carbocycles. The Hall–Kier alpha value is -1.02. The van der Waals surface area contributed by atoms with Crippen molar-refractivity contribution in [1.29, 1.82) is 0 Å². The summed E-state index contributed by atoms with van der Waals surface area (Å²) in [6, 6.07) is 6.65. The Morgan fingerprint density at radius 2 is 1.94 bits per heavy atom. The maximum Gasteiger partial charge on any atom is 0.119 e. The first-order valence-corrected chi connectivity index (χ1v) is 7.21. The summed E-state index contributed by atoms with van der Waals surface area (Å²) in [5.41, 5.74) is 9.06. The molecule has 2 rings (SSSR count). The zero-order chi connectivity index (χ0) is 13.0. The Balaban J connectivity index is 1.94. The van der Waals surface area contributed by atoms with Gasteiger partial charge in [0.2, 0.25) is 0 Å². The van der Waals surface area contributed by atoms with E-state index in [9.17, 15) is 0 Å². The Morgan fingerprint density at radius 1 is 1.22 bits per heavy atom. The van der Waals surface area contributed by atoms with Crippen LogP contribution in [0.15, 0.2) is 18.2 Å². The molecule has 2 nitrogen and oxygen atoms in total. The van der Waals surface area contributed by atoms with Crippen molar-refractivity contribution in [2.75, 3.05) is 6.61 Å². The van der Waals surface area contributed by atoms with Crippen molar-refractivity contribution < 1.29 is 4.74 Å². The monoisotopic (exact) mass is 247 g/mol. The highest BCUT2D eigenvalue weighted by Gasteiger charge is 2.13. The molecule has 0 bridgehead atoms.